The average Bonchev–Trinajstić information content (AvgIpc) is 3.30. The molecule has 9 heteroatoms. The maximum atomic E-state index is 13.0. The Morgan fingerprint density at radius 2 is 1.81 bits per heavy atom. The lowest BCUT2D eigenvalue weighted by atomic mass is 10.0. The van der Waals surface area contributed by atoms with Gasteiger partial charge < -0.3 is 21.1 Å². The highest BCUT2D eigenvalue weighted by Crippen LogP contribution is 2.35. The van der Waals surface area contributed by atoms with Crippen LogP contribution in [0.1, 0.15) is 39.2 Å². The molecule has 192 valence electrons. The van der Waals surface area contributed by atoms with Gasteiger partial charge in [-0.25, -0.2) is 14.6 Å². The second kappa shape index (κ2) is 10.6. The molecule has 2 atom stereocenters. The molecule has 4 aromatic rings. The number of rotatable bonds is 7. The molecule has 3 heterocycles. The Kier molecular flexibility index (Phi) is 7.05. The second-order valence-corrected chi connectivity index (χ2v) is 10.0. The Morgan fingerprint density at radius 3 is 2.54 bits per heavy atom. The minimum atomic E-state index is -0.488. The van der Waals surface area contributed by atoms with Gasteiger partial charge in [-0.3, -0.25) is 4.79 Å². The summed E-state index contributed by atoms with van der Waals surface area (Å²) in [5.74, 6) is 2.23. The molecule has 2 unspecified atom stereocenters. The number of aromatic nitrogens is 4. The first-order valence-electron chi connectivity index (χ1n) is 12.8. The summed E-state index contributed by atoms with van der Waals surface area (Å²) in [6, 6.07) is 16.8. The van der Waals surface area contributed by atoms with Gasteiger partial charge in [0.1, 0.15) is 29.3 Å². The predicted octanol–water partition coefficient (Wildman–Crippen LogP) is 4.40. The smallest absolute Gasteiger partial charge is 0.239 e. The van der Waals surface area contributed by atoms with Crippen molar-refractivity contribution in [2.45, 2.75) is 45.2 Å². The van der Waals surface area contributed by atoms with Crippen LogP contribution in [0.5, 0.6) is 11.5 Å². The average molecular weight is 500 g/mol. The zero-order valence-corrected chi connectivity index (χ0v) is 21.2. The van der Waals surface area contributed by atoms with E-state index in [1.54, 1.807) is 0 Å². The number of para-hydroxylation sites is 1. The van der Waals surface area contributed by atoms with Crippen LogP contribution in [0.3, 0.4) is 0 Å². The van der Waals surface area contributed by atoms with Gasteiger partial charge in [0.25, 0.3) is 0 Å². The third kappa shape index (κ3) is 5.27. The molecule has 0 bridgehead atoms. The van der Waals surface area contributed by atoms with Gasteiger partial charge in [0, 0.05) is 18.7 Å². The van der Waals surface area contributed by atoms with Crippen molar-refractivity contribution in [3.05, 3.63) is 60.9 Å². The van der Waals surface area contributed by atoms with Crippen molar-refractivity contribution in [2.24, 2.45) is 11.7 Å². The number of benzene rings is 2. The zero-order chi connectivity index (χ0) is 25.9. The van der Waals surface area contributed by atoms with Crippen LogP contribution in [0.4, 0.5) is 5.82 Å². The predicted molar refractivity (Wildman–Crippen MR) is 144 cm³/mol. The minimum absolute atomic E-state index is 0.00164. The Morgan fingerprint density at radius 1 is 1.08 bits per heavy atom. The lowest BCUT2D eigenvalue weighted by Gasteiger charge is -2.34. The topological polar surface area (TPSA) is 125 Å². The van der Waals surface area contributed by atoms with E-state index in [1.165, 1.54) is 6.33 Å². The highest BCUT2D eigenvalue weighted by Gasteiger charge is 2.30. The van der Waals surface area contributed by atoms with Gasteiger partial charge in [-0.15, -0.1) is 0 Å². The summed E-state index contributed by atoms with van der Waals surface area (Å²) in [5.41, 5.74) is 14.8. The number of carbonyl (C=O) groups is 1. The Bertz CT molecular complexity index is 1370. The lowest BCUT2D eigenvalue weighted by molar-refractivity contribution is -0.134. The van der Waals surface area contributed by atoms with E-state index in [2.05, 4.69) is 23.8 Å². The molecule has 1 amide bonds. The largest absolute Gasteiger partial charge is 0.457 e. The van der Waals surface area contributed by atoms with Crippen LogP contribution in [-0.4, -0.2) is 49.7 Å². The summed E-state index contributed by atoms with van der Waals surface area (Å²) >= 11 is 0. The fraction of sp³-hybridized carbons (Fsp3) is 0.357. The summed E-state index contributed by atoms with van der Waals surface area (Å²) in [6.07, 6.45) is 3.88. The van der Waals surface area contributed by atoms with Crippen LogP contribution >= 0.6 is 0 Å². The van der Waals surface area contributed by atoms with Crippen LogP contribution in [0.15, 0.2) is 60.9 Å². The fourth-order valence-electron chi connectivity index (χ4n) is 4.96. The van der Waals surface area contributed by atoms with E-state index in [-0.39, 0.29) is 11.9 Å². The summed E-state index contributed by atoms with van der Waals surface area (Å²) in [6.45, 7) is 5.39. The van der Waals surface area contributed by atoms with Crippen molar-refractivity contribution in [3.63, 3.8) is 0 Å². The highest BCUT2D eigenvalue weighted by molar-refractivity contribution is 5.98. The van der Waals surface area contributed by atoms with E-state index in [1.807, 2.05) is 64.2 Å². The summed E-state index contributed by atoms with van der Waals surface area (Å²) in [7, 11) is 0. The van der Waals surface area contributed by atoms with E-state index >= 15 is 0 Å². The van der Waals surface area contributed by atoms with Crippen LogP contribution in [0.2, 0.25) is 0 Å². The van der Waals surface area contributed by atoms with E-state index < -0.39 is 6.04 Å². The molecule has 2 aromatic heterocycles. The number of nitrogens with zero attached hydrogens (tertiary/aromatic N) is 5. The molecule has 5 rings (SSSR count). The number of hydrogen-bond acceptors (Lipinski definition) is 7. The van der Waals surface area contributed by atoms with Crippen molar-refractivity contribution in [3.8, 4) is 22.8 Å². The first-order chi connectivity index (χ1) is 17.9. The monoisotopic (exact) mass is 499 g/mol. The molecule has 1 aliphatic heterocycles. The van der Waals surface area contributed by atoms with E-state index in [0.717, 1.165) is 29.9 Å². The van der Waals surface area contributed by atoms with Gasteiger partial charge in [-0.05, 0) is 61.6 Å². The summed E-state index contributed by atoms with van der Waals surface area (Å²) in [4.78, 5) is 23.7. The number of likely N-dealkylation sites (tertiary alicyclic amines) is 1. The zero-order valence-electron chi connectivity index (χ0n) is 21.2. The van der Waals surface area contributed by atoms with Gasteiger partial charge in [0.15, 0.2) is 5.65 Å². The quantitative estimate of drug-likeness (QED) is 0.386. The number of fused-ring (bicyclic) bond motifs is 1. The molecule has 37 heavy (non-hydrogen) atoms. The van der Waals surface area contributed by atoms with Crippen molar-refractivity contribution in [2.75, 3.05) is 18.8 Å². The normalized spacial score (nSPS) is 16.8. The molecule has 1 aliphatic rings. The molecule has 9 nitrogen and oxygen atoms in total. The van der Waals surface area contributed by atoms with E-state index in [0.29, 0.717) is 48.0 Å². The molecular weight excluding hydrogens is 466 g/mol. The van der Waals surface area contributed by atoms with Crippen LogP contribution in [0, 0.1) is 5.92 Å². The maximum Gasteiger partial charge on any atom is 0.239 e. The van der Waals surface area contributed by atoms with E-state index in [9.17, 15) is 4.79 Å². The van der Waals surface area contributed by atoms with Crippen molar-refractivity contribution in [1.82, 2.24) is 24.6 Å². The highest BCUT2D eigenvalue weighted by atomic mass is 16.5. The third-order valence-corrected chi connectivity index (χ3v) is 6.72. The van der Waals surface area contributed by atoms with Crippen LogP contribution < -0.4 is 16.2 Å². The van der Waals surface area contributed by atoms with Gasteiger partial charge in [-0.2, -0.15) is 5.10 Å². The fourth-order valence-corrected chi connectivity index (χ4v) is 4.96. The molecule has 0 saturated carbocycles. The Labute approximate surface area is 216 Å². The van der Waals surface area contributed by atoms with Crippen molar-refractivity contribution < 1.29 is 9.53 Å². The first kappa shape index (κ1) is 24.7. The second-order valence-electron chi connectivity index (χ2n) is 10.0. The molecule has 0 radical (unpaired) electrons. The number of carbonyl (C=O) groups excluding carboxylic acids is 1. The summed E-state index contributed by atoms with van der Waals surface area (Å²) in [5, 5.41) is 5.68. The van der Waals surface area contributed by atoms with Gasteiger partial charge in [-0.1, -0.05) is 32.0 Å². The molecule has 4 N–H and O–H groups in total. The van der Waals surface area contributed by atoms with Crippen LogP contribution in [-0.2, 0) is 4.79 Å². The first-order valence-corrected chi connectivity index (χ1v) is 12.8. The van der Waals surface area contributed by atoms with Gasteiger partial charge >= 0.3 is 0 Å². The number of anilines is 1. The number of nitrogen functional groups attached to an aromatic ring is 1. The molecule has 2 aromatic carbocycles. The Hall–Kier alpha value is -3.98. The van der Waals surface area contributed by atoms with Crippen molar-refractivity contribution >= 4 is 22.8 Å². The minimum Gasteiger partial charge on any atom is -0.457 e. The number of piperidine rings is 1. The molecule has 0 aliphatic carbocycles. The number of ether oxygens (including phenoxy) is 1. The standard InChI is InChI=1S/C28H33N7O2/c1-18(2)15-23(29)28(36)34-14-6-7-20(16-34)35-27-24(26(30)31-17-32-27)25(33-35)19-10-12-22(13-11-19)37-21-8-4-3-5-9-21/h3-5,8-13,17-18,20,23H,6-7,14-16,29H2,1-2H3,(H2,30,31,32). The number of hydrogen-bond donors (Lipinski definition) is 2. The molecule has 0 spiro atoms. The number of amides is 1. The van der Waals surface area contributed by atoms with Gasteiger partial charge in [0.05, 0.1) is 17.5 Å². The molecule has 1 fully saturated rings. The Balaban J connectivity index is 1.43. The number of nitrogens with two attached hydrogens (primary N) is 2. The maximum absolute atomic E-state index is 13.0. The third-order valence-electron chi connectivity index (χ3n) is 6.72. The SMILES string of the molecule is CC(C)CC(N)C(=O)N1CCCC(n2nc(-c3ccc(Oc4ccccc4)cc3)c3c(N)ncnc32)C1. The summed E-state index contributed by atoms with van der Waals surface area (Å²) < 4.78 is 7.84. The van der Waals surface area contributed by atoms with Crippen LogP contribution in [0.25, 0.3) is 22.3 Å². The molecule has 1 saturated heterocycles. The molecular formula is C28H33N7O2. The van der Waals surface area contributed by atoms with E-state index in [4.69, 9.17) is 21.3 Å². The van der Waals surface area contributed by atoms with Crippen molar-refractivity contribution in [1.29, 1.82) is 0 Å². The van der Waals surface area contributed by atoms with Gasteiger partial charge in [0.2, 0.25) is 5.91 Å². The lowest BCUT2D eigenvalue weighted by Crippen LogP contribution is -2.48.